The Labute approximate surface area is 152 Å². The smallest absolute Gasteiger partial charge is 0.257 e. The fraction of sp³-hybridized carbons (Fsp3) is 0.350. The minimum atomic E-state index is 0.00293. The average molecular weight is 350 g/mol. The monoisotopic (exact) mass is 350 g/mol. The fourth-order valence-electron chi connectivity index (χ4n) is 3.36. The fourth-order valence-corrected chi connectivity index (χ4v) is 3.36. The van der Waals surface area contributed by atoms with Crippen molar-refractivity contribution < 1.29 is 9.53 Å². The van der Waals surface area contributed by atoms with Gasteiger partial charge < -0.3 is 9.64 Å². The summed E-state index contributed by atoms with van der Waals surface area (Å²) in [6.45, 7) is 6.55. The van der Waals surface area contributed by atoms with Gasteiger partial charge in [-0.15, -0.1) is 0 Å². The van der Waals surface area contributed by atoms with Gasteiger partial charge in [-0.25, -0.2) is 9.50 Å². The first-order chi connectivity index (χ1) is 12.6. The maximum Gasteiger partial charge on any atom is 0.257 e. The van der Waals surface area contributed by atoms with Crippen molar-refractivity contribution >= 4 is 11.6 Å². The van der Waals surface area contributed by atoms with Gasteiger partial charge in [-0.2, -0.15) is 5.10 Å². The molecule has 0 saturated carbocycles. The van der Waals surface area contributed by atoms with Crippen LogP contribution in [0.15, 0.2) is 42.6 Å². The molecular weight excluding hydrogens is 328 g/mol. The number of fused-ring (bicyclic) bond motifs is 1. The summed E-state index contributed by atoms with van der Waals surface area (Å²) in [4.78, 5) is 19.4. The molecule has 0 aliphatic carbocycles. The molecule has 6 heteroatoms. The summed E-state index contributed by atoms with van der Waals surface area (Å²) in [5, 5.41) is 4.75. The van der Waals surface area contributed by atoms with Crippen molar-refractivity contribution in [2.75, 3.05) is 26.3 Å². The molecule has 0 atom stereocenters. The molecule has 6 nitrogen and oxygen atoms in total. The lowest BCUT2D eigenvalue weighted by Gasteiger charge is -2.28. The lowest BCUT2D eigenvalue weighted by Crippen LogP contribution is -2.41. The van der Waals surface area contributed by atoms with Gasteiger partial charge in [0.05, 0.1) is 30.2 Å². The van der Waals surface area contributed by atoms with Crippen molar-refractivity contribution in [3.63, 3.8) is 0 Å². The summed E-state index contributed by atoms with van der Waals surface area (Å²) in [5.41, 5.74) is 4.17. The third kappa shape index (κ3) is 2.97. The molecule has 2 aromatic heterocycles. The number of carbonyl (C=O) groups excluding carboxylic acids is 1. The van der Waals surface area contributed by atoms with Gasteiger partial charge in [-0.1, -0.05) is 44.2 Å². The number of hydrogen-bond donors (Lipinski definition) is 0. The number of ether oxygens (including phenoxy) is 1. The van der Waals surface area contributed by atoms with Crippen LogP contribution >= 0.6 is 0 Å². The Morgan fingerprint density at radius 1 is 1.15 bits per heavy atom. The predicted molar refractivity (Wildman–Crippen MR) is 99.2 cm³/mol. The maximum absolute atomic E-state index is 13.0. The van der Waals surface area contributed by atoms with Gasteiger partial charge in [0.15, 0.2) is 5.65 Å². The number of carbonyl (C=O) groups is 1. The van der Waals surface area contributed by atoms with Gasteiger partial charge in [-0.05, 0) is 5.92 Å². The second-order valence-electron chi connectivity index (χ2n) is 6.78. The first kappa shape index (κ1) is 16.7. The molecule has 3 aromatic rings. The van der Waals surface area contributed by atoms with Crippen molar-refractivity contribution in [1.82, 2.24) is 19.5 Å². The summed E-state index contributed by atoms with van der Waals surface area (Å²) >= 11 is 0. The van der Waals surface area contributed by atoms with Crippen molar-refractivity contribution in [1.29, 1.82) is 0 Å². The Balaban J connectivity index is 1.81. The van der Waals surface area contributed by atoms with Crippen molar-refractivity contribution in [3.05, 3.63) is 53.9 Å². The number of hydrogen-bond acceptors (Lipinski definition) is 4. The molecule has 1 amide bonds. The van der Waals surface area contributed by atoms with Gasteiger partial charge in [0.2, 0.25) is 0 Å². The molecule has 1 aliphatic heterocycles. The highest BCUT2D eigenvalue weighted by molar-refractivity contribution is 5.95. The van der Waals surface area contributed by atoms with Gasteiger partial charge >= 0.3 is 0 Å². The molecule has 4 rings (SSSR count). The van der Waals surface area contributed by atoms with E-state index < -0.39 is 0 Å². The summed E-state index contributed by atoms with van der Waals surface area (Å²) in [6.07, 6.45) is 1.69. The van der Waals surface area contributed by atoms with E-state index in [-0.39, 0.29) is 11.8 Å². The van der Waals surface area contributed by atoms with E-state index in [1.54, 1.807) is 6.20 Å². The topological polar surface area (TPSA) is 59.7 Å². The predicted octanol–water partition coefficient (Wildman–Crippen LogP) is 2.99. The van der Waals surface area contributed by atoms with Crippen LogP contribution in [0.25, 0.3) is 16.9 Å². The van der Waals surface area contributed by atoms with Gasteiger partial charge in [0.1, 0.15) is 0 Å². The summed E-state index contributed by atoms with van der Waals surface area (Å²) < 4.78 is 7.18. The molecule has 134 valence electrons. The number of aromatic nitrogens is 3. The number of amides is 1. The Morgan fingerprint density at radius 3 is 2.58 bits per heavy atom. The van der Waals surface area contributed by atoms with Crippen LogP contribution in [-0.4, -0.2) is 51.7 Å². The Hall–Kier alpha value is -2.73. The first-order valence-corrected chi connectivity index (χ1v) is 8.96. The van der Waals surface area contributed by atoms with Crippen molar-refractivity contribution in [3.8, 4) is 11.3 Å². The van der Waals surface area contributed by atoms with E-state index in [9.17, 15) is 4.79 Å². The van der Waals surface area contributed by atoms with E-state index in [1.807, 2.05) is 45.8 Å². The van der Waals surface area contributed by atoms with Crippen LogP contribution < -0.4 is 0 Å². The third-order valence-electron chi connectivity index (χ3n) is 4.67. The molecule has 0 N–H and O–H groups in total. The highest BCUT2D eigenvalue weighted by Crippen LogP contribution is 2.25. The molecule has 1 aliphatic rings. The van der Waals surface area contributed by atoms with Gasteiger partial charge in [-0.3, -0.25) is 4.79 Å². The summed E-state index contributed by atoms with van der Waals surface area (Å²) in [5.74, 6) is 0.146. The molecule has 0 unspecified atom stereocenters. The Kier molecular flexibility index (Phi) is 4.42. The third-order valence-corrected chi connectivity index (χ3v) is 4.67. The van der Waals surface area contributed by atoms with Crippen LogP contribution in [0.5, 0.6) is 0 Å². The van der Waals surface area contributed by atoms with Crippen LogP contribution in [0.2, 0.25) is 0 Å². The largest absolute Gasteiger partial charge is 0.378 e. The van der Waals surface area contributed by atoms with E-state index in [2.05, 4.69) is 18.8 Å². The van der Waals surface area contributed by atoms with Crippen LogP contribution in [0.4, 0.5) is 0 Å². The second-order valence-corrected chi connectivity index (χ2v) is 6.78. The molecule has 26 heavy (non-hydrogen) atoms. The Morgan fingerprint density at radius 2 is 1.88 bits per heavy atom. The summed E-state index contributed by atoms with van der Waals surface area (Å²) in [7, 11) is 0. The van der Waals surface area contributed by atoms with Crippen molar-refractivity contribution in [2.45, 2.75) is 19.8 Å². The number of rotatable bonds is 3. The highest BCUT2D eigenvalue weighted by atomic mass is 16.5. The zero-order valence-corrected chi connectivity index (χ0v) is 15.1. The van der Waals surface area contributed by atoms with E-state index >= 15 is 0 Å². The van der Waals surface area contributed by atoms with Gasteiger partial charge in [0.25, 0.3) is 5.91 Å². The number of nitrogens with zero attached hydrogens (tertiary/aromatic N) is 4. The van der Waals surface area contributed by atoms with Gasteiger partial charge in [0, 0.05) is 30.9 Å². The molecule has 0 bridgehead atoms. The standard InChI is InChI=1S/C20H22N4O2/c1-14(2)19-16(20(25)23-8-10-26-11-9-23)13-21-18-12-17(22-24(18)19)15-6-4-3-5-7-15/h3-7,12-14H,8-11H2,1-2H3. The molecule has 0 radical (unpaired) electrons. The lowest BCUT2D eigenvalue weighted by atomic mass is 10.0. The SMILES string of the molecule is CC(C)c1c(C(=O)N2CCOCC2)cnc2cc(-c3ccccc3)nn12. The molecule has 1 aromatic carbocycles. The van der Waals surface area contributed by atoms with E-state index in [4.69, 9.17) is 9.84 Å². The second kappa shape index (κ2) is 6.88. The number of morpholine rings is 1. The summed E-state index contributed by atoms with van der Waals surface area (Å²) in [6, 6.07) is 12.0. The first-order valence-electron chi connectivity index (χ1n) is 8.96. The Bertz CT molecular complexity index is 928. The minimum Gasteiger partial charge on any atom is -0.378 e. The van der Waals surface area contributed by atoms with E-state index in [1.165, 1.54) is 0 Å². The lowest BCUT2D eigenvalue weighted by molar-refractivity contribution is 0.0301. The normalized spacial score (nSPS) is 15.0. The van der Waals surface area contributed by atoms with Crippen molar-refractivity contribution in [2.24, 2.45) is 0 Å². The van der Waals surface area contributed by atoms with Crippen LogP contribution in [0.1, 0.15) is 35.8 Å². The zero-order chi connectivity index (χ0) is 18.1. The van der Waals surface area contributed by atoms with E-state index in [0.717, 1.165) is 22.6 Å². The van der Waals surface area contributed by atoms with Crippen LogP contribution in [0, 0.1) is 0 Å². The van der Waals surface area contributed by atoms with Crippen LogP contribution in [0.3, 0.4) is 0 Å². The number of benzene rings is 1. The van der Waals surface area contributed by atoms with Crippen LogP contribution in [-0.2, 0) is 4.74 Å². The molecule has 1 fully saturated rings. The zero-order valence-electron chi connectivity index (χ0n) is 15.1. The minimum absolute atomic E-state index is 0.00293. The molecule has 1 saturated heterocycles. The molecular formula is C20H22N4O2. The average Bonchev–Trinajstić information content (AvgIpc) is 3.12. The molecule has 3 heterocycles. The van der Waals surface area contributed by atoms with E-state index in [0.29, 0.717) is 31.9 Å². The highest BCUT2D eigenvalue weighted by Gasteiger charge is 2.25. The quantitative estimate of drug-likeness (QED) is 0.729. The maximum atomic E-state index is 13.0. The molecule has 0 spiro atoms.